The summed E-state index contributed by atoms with van der Waals surface area (Å²) in [5.74, 6) is 0. The van der Waals surface area contributed by atoms with E-state index in [4.69, 9.17) is 0 Å². The van der Waals surface area contributed by atoms with Crippen molar-refractivity contribution in [2.75, 3.05) is 5.32 Å². The molecule has 0 saturated heterocycles. The Bertz CT molecular complexity index is 841. The Labute approximate surface area is 123 Å². The number of benzene rings is 2. The van der Waals surface area contributed by atoms with E-state index in [0.717, 1.165) is 34.5 Å². The first-order valence-electron chi connectivity index (χ1n) is 7.06. The van der Waals surface area contributed by atoms with Gasteiger partial charge in [0.1, 0.15) is 6.33 Å². The highest BCUT2D eigenvalue weighted by molar-refractivity contribution is 5.81. The highest BCUT2D eigenvalue weighted by Gasteiger charge is 2.06. The number of allylic oxidation sites excluding steroid dienone is 3. The number of nitrogens with zero attached hydrogens (tertiary/aromatic N) is 2. The van der Waals surface area contributed by atoms with Gasteiger partial charge in [0, 0.05) is 17.1 Å². The molecule has 21 heavy (non-hydrogen) atoms. The summed E-state index contributed by atoms with van der Waals surface area (Å²) in [4.78, 5) is 4.52. The first-order valence-corrected chi connectivity index (χ1v) is 7.06. The van der Waals surface area contributed by atoms with Gasteiger partial charge in [0.05, 0.1) is 11.0 Å². The third-order valence-corrected chi connectivity index (χ3v) is 3.64. The average molecular weight is 273 g/mol. The number of fused-ring (bicyclic) bond motifs is 1. The molecule has 1 N–H and O–H groups in total. The van der Waals surface area contributed by atoms with E-state index < -0.39 is 0 Å². The fraction of sp³-hybridized carbons (Fsp3) is 0.0556. The maximum absolute atomic E-state index is 4.52. The molecule has 3 nitrogen and oxygen atoms in total. The van der Waals surface area contributed by atoms with Gasteiger partial charge in [-0.1, -0.05) is 30.4 Å². The van der Waals surface area contributed by atoms with Crippen LogP contribution < -0.4 is 5.32 Å². The molecule has 0 amide bonds. The second kappa shape index (κ2) is 4.94. The van der Waals surface area contributed by atoms with Gasteiger partial charge in [-0.3, -0.25) is 4.57 Å². The van der Waals surface area contributed by atoms with Crippen molar-refractivity contribution in [2.24, 2.45) is 0 Å². The summed E-state index contributed by atoms with van der Waals surface area (Å²) in [6.45, 7) is 0. The van der Waals surface area contributed by atoms with Crippen LogP contribution >= 0.6 is 0 Å². The lowest BCUT2D eigenvalue weighted by atomic mass is 10.2. The predicted molar refractivity (Wildman–Crippen MR) is 86.5 cm³/mol. The smallest absolute Gasteiger partial charge is 0.100 e. The molecule has 0 atom stereocenters. The van der Waals surface area contributed by atoms with Gasteiger partial charge in [-0.05, 0) is 42.8 Å². The minimum atomic E-state index is 0.992. The van der Waals surface area contributed by atoms with Crippen LogP contribution in [0.25, 0.3) is 16.7 Å². The molecule has 4 rings (SSSR count). The van der Waals surface area contributed by atoms with Gasteiger partial charge < -0.3 is 5.32 Å². The number of para-hydroxylation sites is 1. The van der Waals surface area contributed by atoms with Crippen LogP contribution in [0.4, 0.5) is 5.69 Å². The standard InChI is InChI=1S/C18H15N3/c1-2-8-16(9-3-1)21-13-19-17-12-15(10-11-18(17)21)20-14-6-4-5-7-14/h1-4,6-13,20H,5H2. The minimum Gasteiger partial charge on any atom is -0.356 e. The number of rotatable bonds is 3. The number of anilines is 1. The molecule has 0 unspecified atom stereocenters. The van der Waals surface area contributed by atoms with Crippen LogP contribution in [0.2, 0.25) is 0 Å². The van der Waals surface area contributed by atoms with Gasteiger partial charge in [-0.15, -0.1) is 0 Å². The van der Waals surface area contributed by atoms with Crippen LogP contribution in [0, 0.1) is 0 Å². The van der Waals surface area contributed by atoms with Gasteiger partial charge >= 0.3 is 0 Å². The van der Waals surface area contributed by atoms with Gasteiger partial charge in [-0.2, -0.15) is 0 Å². The maximum atomic E-state index is 4.52. The van der Waals surface area contributed by atoms with Crippen molar-refractivity contribution >= 4 is 16.7 Å². The lowest BCUT2D eigenvalue weighted by Gasteiger charge is -2.07. The summed E-state index contributed by atoms with van der Waals surface area (Å²) in [6, 6.07) is 16.6. The fourth-order valence-corrected chi connectivity index (χ4v) is 2.60. The van der Waals surface area contributed by atoms with E-state index in [1.54, 1.807) is 0 Å². The zero-order chi connectivity index (χ0) is 14.1. The third kappa shape index (κ3) is 2.23. The van der Waals surface area contributed by atoms with Crippen molar-refractivity contribution in [1.29, 1.82) is 0 Å². The van der Waals surface area contributed by atoms with Crippen molar-refractivity contribution in [2.45, 2.75) is 6.42 Å². The van der Waals surface area contributed by atoms with Crippen LogP contribution in [0.3, 0.4) is 0 Å². The molecule has 1 aliphatic carbocycles. The van der Waals surface area contributed by atoms with E-state index in [2.05, 4.69) is 63.4 Å². The monoisotopic (exact) mass is 273 g/mol. The minimum absolute atomic E-state index is 0.992. The van der Waals surface area contributed by atoms with E-state index in [1.165, 1.54) is 0 Å². The van der Waals surface area contributed by atoms with Crippen LogP contribution in [0.15, 0.2) is 78.8 Å². The zero-order valence-corrected chi connectivity index (χ0v) is 11.5. The summed E-state index contributed by atoms with van der Waals surface area (Å²) < 4.78 is 2.11. The zero-order valence-electron chi connectivity index (χ0n) is 11.5. The first-order chi connectivity index (χ1) is 10.4. The summed E-state index contributed by atoms with van der Waals surface area (Å²) >= 11 is 0. The fourth-order valence-electron chi connectivity index (χ4n) is 2.60. The Morgan fingerprint density at radius 1 is 1.05 bits per heavy atom. The predicted octanol–water partition coefficient (Wildman–Crippen LogP) is 4.28. The molecule has 1 heterocycles. The Hall–Kier alpha value is -2.81. The van der Waals surface area contributed by atoms with Crippen LogP contribution in [0.5, 0.6) is 0 Å². The lowest BCUT2D eigenvalue weighted by molar-refractivity contribution is 1.09. The number of imidazole rings is 1. The first kappa shape index (κ1) is 12.0. The van der Waals surface area contributed by atoms with Gasteiger partial charge in [0.2, 0.25) is 0 Å². The molecule has 0 aliphatic heterocycles. The molecule has 0 spiro atoms. The quantitative estimate of drug-likeness (QED) is 0.772. The molecule has 3 aromatic rings. The van der Waals surface area contributed by atoms with Gasteiger partial charge in [-0.25, -0.2) is 4.98 Å². The average Bonchev–Trinajstić information content (AvgIpc) is 3.17. The molecule has 3 heteroatoms. The molecule has 2 aromatic carbocycles. The lowest BCUT2D eigenvalue weighted by Crippen LogP contribution is -1.95. The molecular formula is C18H15N3. The van der Waals surface area contributed by atoms with E-state index >= 15 is 0 Å². The van der Waals surface area contributed by atoms with Crippen molar-refractivity contribution < 1.29 is 0 Å². The van der Waals surface area contributed by atoms with Crippen molar-refractivity contribution in [3.05, 3.63) is 78.8 Å². The van der Waals surface area contributed by atoms with Crippen LogP contribution in [0.1, 0.15) is 6.42 Å². The number of aromatic nitrogens is 2. The Balaban J connectivity index is 1.72. The SMILES string of the molecule is C1=CC(Nc2ccc3c(c2)ncn3-c2ccccc2)=CC1. The Morgan fingerprint density at radius 2 is 1.95 bits per heavy atom. The molecule has 1 aromatic heterocycles. The second-order valence-corrected chi connectivity index (χ2v) is 5.08. The number of nitrogens with one attached hydrogen (secondary N) is 1. The number of hydrogen-bond donors (Lipinski definition) is 1. The molecular weight excluding hydrogens is 258 g/mol. The maximum Gasteiger partial charge on any atom is 0.100 e. The van der Waals surface area contributed by atoms with Crippen LogP contribution in [-0.2, 0) is 0 Å². The molecule has 102 valence electrons. The number of hydrogen-bond acceptors (Lipinski definition) is 2. The topological polar surface area (TPSA) is 29.9 Å². The van der Waals surface area contributed by atoms with Gasteiger partial charge in [0.15, 0.2) is 0 Å². The Morgan fingerprint density at radius 3 is 2.76 bits per heavy atom. The van der Waals surface area contributed by atoms with Crippen molar-refractivity contribution in [1.82, 2.24) is 9.55 Å². The molecule has 1 aliphatic rings. The van der Waals surface area contributed by atoms with E-state index in [9.17, 15) is 0 Å². The van der Waals surface area contributed by atoms with Crippen molar-refractivity contribution in [3.63, 3.8) is 0 Å². The van der Waals surface area contributed by atoms with Crippen LogP contribution in [-0.4, -0.2) is 9.55 Å². The second-order valence-electron chi connectivity index (χ2n) is 5.08. The summed E-state index contributed by atoms with van der Waals surface area (Å²) in [5.41, 5.74) is 5.45. The Kier molecular flexibility index (Phi) is 2.82. The largest absolute Gasteiger partial charge is 0.356 e. The summed E-state index contributed by atoms with van der Waals surface area (Å²) in [7, 11) is 0. The summed E-state index contributed by atoms with van der Waals surface area (Å²) in [5, 5.41) is 3.41. The van der Waals surface area contributed by atoms with Crippen molar-refractivity contribution in [3.8, 4) is 5.69 Å². The van der Waals surface area contributed by atoms with Gasteiger partial charge in [0.25, 0.3) is 0 Å². The highest BCUT2D eigenvalue weighted by atomic mass is 15.0. The molecule has 0 fully saturated rings. The molecule has 0 radical (unpaired) electrons. The van der Waals surface area contributed by atoms with E-state index in [-0.39, 0.29) is 0 Å². The molecule has 0 bridgehead atoms. The van der Waals surface area contributed by atoms with E-state index in [0.29, 0.717) is 0 Å². The normalized spacial score (nSPS) is 13.6. The third-order valence-electron chi connectivity index (χ3n) is 3.64. The molecule has 0 saturated carbocycles. The summed E-state index contributed by atoms with van der Waals surface area (Å²) in [6.07, 6.45) is 9.30. The van der Waals surface area contributed by atoms with E-state index in [1.807, 2.05) is 24.5 Å². The highest BCUT2D eigenvalue weighted by Crippen LogP contribution is 2.23.